The summed E-state index contributed by atoms with van der Waals surface area (Å²) in [7, 11) is 0. The fourth-order valence-electron chi connectivity index (χ4n) is 2.42. The van der Waals surface area contributed by atoms with Crippen LogP contribution in [0.4, 0.5) is 0 Å². The van der Waals surface area contributed by atoms with Crippen molar-refractivity contribution in [1.29, 1.82) is 0 Å². The third kappa shape index (κ3) is 2.90. The Hall–Kier alpha value is -1.68. The second-order valence-corrected chi connectivity index (χ2v) is 5.82. The van der Waals surface area contributed by atoms with E-state index in [2.05, 4.69) is 27.0 Å². The van der Waals surface area contributed by atoms with Gasteiger partial charge in [-0.1, -0.05) is 22.0 Å². The van der Waals surface area contributed by atoms with E-state index in [9.17, 15) is 4.79 Å². The predicted molar refractivity (Wildman–Crippen MR) is 79.7 cm³/mol. The fourth-order valence-corrected chi connectivity index (χ4v) is 2.91. The standard InChI is InChI=1S/C16H14BrNO2/c17-13-6-12-3-4-14(19)8-15(12)16(7-13)20-10-11-2-1-5-18-9-11/h1-2,5-7,9H,3-4,8,10H2. The second kappa shape index (κ2) is 5.75. The lowest BCUT2D eigenvalue weighted by molar-refractivity contribution is -0.118. The SMILES string of the molecule is O=C1CCc2cc(Br)cc(OCc3cccnc3)c2C1. The normalized spacial score (nSPS) is 13.9. The number of Topliss-reactive ketones (excluding diaryl/α,β-unsaturated/α-hetero) is 1. The number of carbonyl (C=O) groups excluding carboxylic acids is 1. The zero-order chi connectivity index (χ0) is 13.9. The number of halogens is 1. The summed E-state index contributed by atoms with van der Waals surface area (Å²) in [6.07, 6.45) is 5.44. The van der Waals surface area contributed by atoms with Gasteiger partial charge in [-0.05, 0) is 30.2 Å². The van der Waals surface area contributed by atoms with Crippen LogP contribution in [0.1, 0.15) is 23.1 Å². The molecular weight excluding hydrogens is 318 g/mol. The van der Waals surface area contributed by atoms with Crippen molar-refractivity contribution in [2.75, 3.05) is 0 Å². The van der Waals surface area contributed by atoms with Crippen LogP contribution in [0.5, 0.6) is 5.75 Å². The van der Waals surface area contributed by atoms with Gasteiger partial charge in [-0.3, -0.25) is 9.78 Å². The molecule has 0 fully saturated rings. The molecule has 4 heteroatoms. The minimum absolute atomic E-state index is 0.283. The molecule has 0 aliphatic heterocycles. The van der Waals surface area contributed by atoms with Crippen LogP contribution >= 0.6 is 15.9 Å². The Morgan fingerprint density at radius 2 is 2.20 bits per heavy atom. The molecule has 3 rings (SSSR count). The molecule has 1 aromatic heterocycles. The van der Waals surface area contributed by atoms with E-state index in [0.29, 0.717) is 19.4 Å². The Morgan fingerprint density at radius 1 is 1.30 bits per heavy atom. The predicted octanol–water partition coefficient (Wildman–Crippen LogP) is 3.48. The van der Waals surface area contributed by atoms with Gasteiger partial charge in [0, 0.05) is 40.8 Å². The quantitative estimate of drug-likeness (QED) is 0.864. The molecule has 0 atom stereocenters. The van der Waals surface area contributed by atoms with Gasteiger partial charge in [0.1, 0.15) is 18.1 Å². The molecule has 0 amide bonds. The highest BCUT2D eigenvalue weighted by Gasteiger charge is 2.20. The molecule has 102 valence electrons. The van der Waals surface area contributed by atoms with Gasteiger partial charge in [0.25, 0.3) is 0 Å². The van der Waals surface area contributed by atoms with Crippen LogP contribution < -0.4 is 4.74 Å². The van der Waals surface area contributed by atoms with Crippen LogP contribution in [0.15, 0.2) is 41.1 Å². The number of hydrogen-bond acceptors (Lipinski definition) is 3. The number of nitrogens with zero attached hydrogens (tertiary/aromatic N) is 1. The first-order valence-corrected chi connectivity index (χ1v) is 7.36. The Labute approximate surface area is 126 Å². The number of carbonyl (C=O) groups is 1. The minimum Gasteiger partial charge on any atom is -0.489 e. The maximum Gasteiger partial charge on any atom is 0.137 e. The zero-order valence-electron chi connectivity index (χ0n) is 10.9. The lowest BCUT2D eigenvalue weighted by atomic mass is 9.90. The van der Waals surface area contributed by atoms with Crippen molar-refractivity contribution in [3.63, 3.8) is 0 Å². The van der Waals surface area contributed by atoms with E-state index >= 15 is 0 Å². The van der Waals surface area contributed by atoms with Gasteiger partial charge in [-0.2, -0.15) is 0 Å². The van der Waals surface area contributed by atoms with Crippen LogP contribution in [0.3, 0.4) is 0 Å². The summed E-state index contributed by atoms with van der Waals surface area (Å²) in [5, 5.41) is 0. The summed E-state index contributed by atoms with van der Waals surface area (Å²) in [5.41, 5.74) is 3.26. The second-order valence-electron chi connectivity index (χ2n) is 4.91. The summed E-state index contributed by atoms with van der Waals surface area (Å²) in [6, 6.07) is 7.88. The molecule has 3 nitrogen and oxygen atoms in total. The van der Waals surface area contributed by atoms with Crippen molar-refractivity contribution >= 4 is 21.7 Å². The van der Waals surface area contributed by atoms with Crippen LogP contribution in [0, 0.1) is 0 Å². The van der Waals surface area contributed by atoms with Crippen molar-refractivity contribution < 1.29 is 9.53 Å². The Balaban J connectivity index is 1.85. The highest BCUT2D eigenvalue weighted by molar-refractivity contribution is 9.10. The number of aromatic nitrogens is 1. The molecule has 1 heterocycles. The van der Waals surface area contributed by atoms with Crippen LogP contribution in [0.25, 0.3) is 0 Å². The van der Waals surface area contributed by atoms with Gasteiger partial charge in [0.15, 0.2) is 0 Å². The molecule has 2 aromatic rings. The lowest BCUT2D eigenvalue weighted by Crippen LogP contribution is -2.15. The highest BCUT2D eigenvalue weighted by Crippen LogP contribution is 2.32. The molecule has 0 saturated heterocycles. The Bertz CT molecular complexity index is 640. The molecular formula is C16H14BrNO2. The number of ketones is 1. The van der Waals surface area contributed by atoms with E-state index in [1.54, 1.807) is 12.4 Å². The van der Waals surface area contributed by atoms with E-state index in [4.69, 9.17) is 4.74 Å². The van der Waals surface area contributed by atoms with Crippen LogP contribution in [-0.4, -0.2) is 10.8 Å². The molecule has 0 radical (unpaired) electrons. The molecule has 1 aromatic carbocycles. The molecule has 20 heavy (non-hydrogen) atoms. The van der Waals surface area contributed by atoms with E-state index < -0.39 is 0 Å². The fraction of sp³-hybridized carbons (Fsp3) is 0.250. The molecule has 0 unspecified atom stereocenters. The van der Waals surface area contributed by atoms with Gasteiger partial charge in [-0.25, -0.2) is 0 Å². The maximum absolute atomic E-state index is 11.7. The average molecular weight is 332 g/mol. The van der Waals surface area contributed by atoms with Crippen LogP contribution in [0.2, 0.25) is 0 Å². The van der Waals surface area contributed by atoms with Gasteiger partial charge in [-0.15, -0.1) is 0 Å². The van der Waals surface area contributed by atoms with Crippen molar-refractivity contribution in [2.24, 2.45) is 0 Å². The Kier molecular flexibility index (Phi) is 3.83. The van der Waals surface area contributed by atoms with E-state index in [-0.39, 0.29) is 5.78 Å². The highest BCUT2D eigenvalue weighted by atomic mass is 79.9. The largest absolute Gasteiger partial charge is 0.489 e. The van der Waals surface area contributed by atoms with E-state index in [0.717, 1.165) is 27.8 Å². The van der Waals surface area contributed by atoms with Gasteiger partial charge in [0.05, 0.1) is 0 Å². The summed E-state index contributed by atoms with van der Waals surface area (Å²) in [4.78, 5) is 15.7. The molecule has 0 bridgehead atoms. The Morgan fingerprint density at radius 3 is 3.00 bits per heavy atom. The first kappa shape index (κ1) is 13.3. The molecule has 0 spiro atoms. The summed E-state index contributed by atoms with van der Waals surface area (Å²) < 4.78 is 6.89. The first-order chi connectivity index (χ1) is 9.72. The van der Waals surface area contributed by atoms with Gasteiger partial charge < -0.3 is 4.74 Å². The summed E-state index contributed by atoms with van der Waals surface area (Å²) >= 11 is 3.51. The van der Waals surface area contributed by atoms with Crippen molar-refractivity contribution in [1.82, 2.24) is 4.98 Å². The maximum atomic E-state index is 11.7. The smallest absolute Gasteiger partial charge is 0.137 e. The van der Waals surface area contributed by atoms with Gasteiger partial charge >= 0.3 is 0 Å². The number of pyridine rings is 1. The van der Waals surface area contributed by atoms with Crippen molar-refractivity contribution in [3.8, 4) is 5.75 Å². The molecule has 1 aliphatic rings. The number of rotatable bonds is 3. The van der Waals surface area contributed by atoms with E-state index in [1.807, 2.05) is 18.2 Å². The van der Waals surface area contributed by atoms with Crippen LogP contribution in [-0.2, 0) is 24.2 Å². The summed E-state index contributed by atoms with van der Waals surface area (Å²) in [5.74, 6) is 1.08. The molecule has 0 N–H and O–H groups in total. The number of hydrogen-bond donors (Lipinski definition) is 0. The molecule has 0 saturated carbocycles. The third-order valence-corrected chi connectivity index (χ3v) is 3.89. The lowest BCUT2D eigenvalue weighted by Gasteiger charge is -2.19. The first-order valence-electron chi connectivity index (χ1n) is 6.57. The number of fused-ring (bicyclic) bond motifs is 1. The summed E-state index contributed by atoms with van der Waals surface area (Å²) in [6.45, 7) is 0.463. The number of benzene rings is 1. The third-order valence-electron chi connectivity index (χ3n) is 3.43. The van der Waals surface area contributed by atoms with Crippen molar-refractivity contribution in [3.05, 3.63) is 57.8 Å². The minimum atomic E-state index is 0.283. The topological polar surface area (TPSA) is 39.2 Å². The van der Waals surface area contributed by atoms with Crippen molar-refractivity contribution in [2.45, 2.75) is 25.9 Å². The average Bonchev–Trinajstić information content (AvgIpc) is 2.46. The van der Waals surface area contributed by atoms with Gasteiger partial charge in [0.2, 0.25) is 0 Å². The molecule has 1 aliphatic carbocycles. The number of ether oxygens (including phenoxy) is 1. The number of aryl methyl sites for hydroxylation is 1. The van der Waals surface area contributed by atoms with E-state index in [1.165, 1.54) is 5.56 Å². The monoisotopic (exact) mass is 331 g/mol. The zero-order valence-corrected chi connectivity index (χ0v) is 12.5.